The Kier molecular flexibility index (Phi) is 5.09. The van der Waals surface area contributed by atoms with Crippen LogP contribution in [0.3, 0.4) is 0 Å². The predicted molar refractivity (Wildman–Crippen MR) is 74.4 cm³/mol. The number of rotatable bonds is 7. The van der Waals surface area contributed by atoms with Crippen LogP contribution in [0.2, 0.25) is 0 Å². The fraction of sp³-hybridized carbons (Fsp3) is 0.533. The molecule has 0 heterocycles. The molecular weight excluding hydrogens is 259 g/mol. The summed E-state index contributed by atoms with van der Waals surface area (Å²) in [7, 11) is 0. The summed E-state index contributed by atoms with van der Waals surface area (Å²) in [5.41, 5.74) is 7.45. The minimum atomic E-state index is -0.274. The molecule has 1 fully saturated rings. The van der Waals surface area contributed by atoms with E-state index in [4.69, 9.17) is 10.5 Å². The van der Waals surface area contributed by atoms with Crippen molar-refractivity contribution in [2.45, 2.75) is 38.9 Å². The van der Waals surface area contributed by atoms with Crippen LogP contribution in [0, 0.1) is 5.82 Å². The minimum absolute atomic E-state index is 0.231. The molecule has 1 aromatic carbocycles. The van der Waals surface area contributed by atoms with Crippen LogP contribution in [0.5, 0.6) is 0 Å². The number of carbonyl (C=O) groups is 1. The van der Waals surface area contributed by atoms with Gasteiger partial charge in [-0.1, -0.05) is 6.07 Å². The molecule has 110 valence electrons. The summed E-state index contributed by atoms with van der Waals surface area (Å²) in [6.07, 6.45) is 2.15. The maximum atomic E-state index is 13.4. The minimum Gasteiger partial charge on any atom is -0.465 e. The number of carbonyl (C=O) groups excluding carboxylic acids is 1. The molecule has 0 spiro atoms. The molecule has 20 heavy (non-hydrogen) atoms. The Labute approximate surface area is 118 Å². The van der Waals surface area contributed by atoms with Crippen molar-refractivity contribution in [3.05, 3.63) is 35.1 Å². The smallest absolute Gasteiger partial charge is 0.320 e. The molecule has 0 aliphatic heterocycles. The zero-order valence-electron chi connectivity index (χ0n) is 11.8. The fourth-order valence-electron chi connectivity index (χ4n) is 2.29. The number of benzene rings is 1. The van der Waals surface area contributed by atoms with Crippen molar-refractivity contribution in [3.8, 4) is 0 Å². The summed E-state index contributed by atoms with van der Waals surface area (Å²) in [5, 5.41) is 0. The molecule has 0 aromatic heterocycles. The van der Waals surface area contributed by atoms with Crippen molar-refractivity contribution in [1.29, 1.82) is 0 Å². The van der Waals surface area contributed by atoms with Crippen LogP contribution in [0.25, 0.3) is 0 Å². The molecule has 1 aliphatic carbocycles. The van der Waals surface area contributed by atoms with E-state index in [0.29, 0.717) is 25.7 Å². The third-order valence-electron chi connectivity index (χ3n) is 3.46. The van der Waals surface area contributed by atoms with Gasteiger partial charge in [-0.05, 0) is 43.0 Å². The average molecular weight is 280 g/mol. The highest BCUT2D eigenvalue weighted by atomic mass is 19.1. The number of ether oxygens (including phenoxy) is 1. The zero-order chi connectivity index (χ0) is 14.5. The summed E-state index contributed by atoms with van der Waals surface area (Å²) >= 11 is 0. The van der Waals surface area contributed by atoms with Gasteiger partial charge in [0.2, 0.25) is 0 Å². The molecule has 4 nitrogen and oxygen atoms in total. The molecule has 1 aliphatic rings. The lowest BCUT2D eigenvalue weighted by Gasteiger charge is -2.22. The predicted octanol–water partition coefficient (Wildman–Crippen LogP) is 1.81. The van der Waals surface area contributed by atoms with E-state index < -0.39 is 0 Å². The van der Waals surface area contributed by atoms with Gasteiger partial charge < -0.3 is 10.5 Å². The van der Waals surface area contributed by atoms with E-state index in [1.165, 1.54) is 12.1 Å². The van der Waals surface area contributed by atoms with Crippen molar-refractivity contribution in [3.63, 3.8) is 0 Å². The van der Waals surface area contributed by atoms with Gasteiger partial charge in [0.05, 0.1) is 13.2 Å². The van der Waals surface area contributed by atoms with Crippen LogP contribution in [-0.2, 0) is 22.6 Å². The van der Waals surface area contributed by atoms with Crippen molar-refractivity contribution in [1.82, 2.24) is 4.90 Å². The van der Waals surface area contributed by atoms with Gasteiger partial charge in [-0.2, -0.15) is 0 Å². The van der Waals surface area contributed by atoms with Crippen LogP contribution in [0.1, 0.15) is 30.9 Å². The van der Waals surface area contributed by atoms with Gasteiger partial charge in [-0.15, -0.1) is 0 Å². The number of hydrogen-bond donors (Lipinski definition) is 1. The molecule has 2 N–H and O–H groups in total. The lowest BCUT2D eigenvalue weighted by molar-refractivity contribution is -0.144. The highest BCUT2D eigenvalue weighted by Crippen LogP contribution is 2.29. The molecular formula is C15H21FN2O2. The molecule has 0 unspecified atom stereocenters. The summed E-state index contributed by atoms with van der Waals surface area (Å²) in [6, 6.07) is 5.02. The Morgan fingerprint density at radius 1 is 1.45 bits per heavy atom. The van der Waals surface area contributed by atoms with Crippen LogP contribution >= 0.6 is 0 Å². The van der Waals surface area contributed by atoms with Crippen molar-refractivity contribution in [2.75, 3.05) is 13.2 Å². The van der Waals surface area contributed by atoms with Gasteiger partial charge >= 0.3 is 5.97 Å². The van der Waals surface area contributed by atoms with Gasteiger partial charge in [-0.3, -0.25) is 9.69 Å². The van der Waals surface area contributed by atoms with Gasteiger partial charge in [0.25, 0.3) is 0 Å². The molecule has 1 aromatic rings. The van der Waals surface area contributed by atoms with E-state index in [9.17, 15) is 9.18 Å². The maximum absolute atomic E-state index is 13.4. The van der Waals surface area contributed by atoms with E-state index in [1.54, 1.807) is 13.0 Å². The van der Waals surface area contributed by atoms with Crippen LogP contribution in [0.4, 0.5) is 4.39 Å². The Morgan fingerprint density at radius 2 is 2.20 bits per heavy atom. The molecule has 5 heteroatoms. The van der Waals surface area contributed by atoms with Crippen LogP contribution < -0.4 is 5.73 Å². The van der Waals surface area contributed by atoms with Crippen LogP contribution in [0.15, 0.2) is 18.2 Å². The number of halogens is 1. The number of nitrogens with two attached hydrogens (primary N) is 1. The summed E-state index contributed by atoms with van der Waals surface area (Å²) in [5.74, 6) is -0.505. The Balaban J connectivity index is 2.08. The van der Waals surface area contributed by atoms with Gasteiger partial charge in [0.15, 0.2) is 0 Å². The van der Waals surface area contributed by atoms with Crippen molar-refractivity contribution in [2.24, 2.45) is 5.73 Å². The zero-order valence-corrected chi connectivity index (χ0v) is 11.8. The van der Waals surface area contributed by atoms with Crippen molar-refractivity contribution >= 4 is 5.97 Å². The lowest BCUT2D eigenvalue weighted by atomic mass is 10.1. The SMILES string of the molecule is CCOC(=O)CN(Cc1cc(F)ccc1CN)C1CC1. The first-order valence-electron chi connectivity index (χ1n) is 7.01. The van der Waals surface area contributed by atoms with E-state index in [1.807, 2.05) is 4.90 Å². The Hall–Kier alpha value is -1.46. The Bertz CT molecular complexity index is 475. The average Bonchev–Trinajstić information content (AvgIpc) is 3.23. The van der Waals surface area contributed by atoms with Crippen LogP contribution in [-0.4, -0.2) is 30.1 Å². The monoisotopic (exact) mass is 280 g/mol. The maximum Gasteiger partial charge on any atom is 0.320 e. The topological polar surface area (TPSA) is 55.6 Å². The molecule has 0 amide bonds. The molecule has 0 radical (unpaired) electrons. The second-order valence-electron chi connectivity index (χ2n) is 5.06. The van der Waals surface area contributed by atoms with Gasteiger partial charge in [-0.25, -0.2) is 4.39 Å². The number of nitrogens with zero attached hydrogens (tertiary/aromatic N) is 1. The van der Waals surface area contributed by atoms with Gasteiger partial charge in [0.1, 0.15) is 5.82 Å². The number of hydrogen-bond acceptors (Lipinski definition) is 4. The molecule has 0 saturated heterocycles. The summed E-state index contributed by atoms with van der Waals surface area (Å²) in [6.45, 7) is 3.32. The largest absolute Gasteiger partial charge is 0.465 e. The highest BCUT2D eigenvalue weighted by Gasteiger charge is 2.31. The third kappa shape index (κ3) is 4.02. The molecule has 1 saturated carbocycles. The fourth-order valence-corrected chi connectivity index (χ4v) is 2.29. The Morgan fingerprint density at radius 3 is 2.80 bits per heavy atom. The first kappa shape index (κ1) is 14.9. The third-order valence-corrected chi connectivity index (χ3v) is 3.46. The normalized spacial score (nSPS) is 14.6. The van der Waals surface area contributed by atoms with Crippen molar-refractivity contribution < 1.29 is 13.9 Å². The first-order chi connectivity index (χ1) is 9.63. The van der Waals surface area contributed by atoms with E-state index in [2.05, 4.69) is 0 Å². The summed E-state index contributed by atoms with van der Waals surface area (Å²) < 4.78 is 18.4. The standard InChI is InChI=1S/C15H21FN2O2/c1-2-20-15(19)10-18(14-5-6-14)9-12-7-13(16)4-3-11(12)8-17/h3-4,7,14H,2,5-6,8-10,17H2,1H3. The quantitative estimate of drug-likeness (QED) is 0.774. The van der Waals surface area contributed by atoms with E-state index in [-0.39, 0.29) is 18.3 Å². The van der Waals surface area contributed by atoms with Gasteiger partial charge in [0, 0.05) is 19.1 Å². The molecule has 0 bridgehead atoms. The lowest BCUT2D eigenvalue weighted by Crippen LogP contribution is -2.33. The van der Waals surface area contributed by atoms with E-state index in [0.717, 1.165) is 24.0 Å². The number of esters is 1. The second-order valence-corrected chi connectivity index (χ2v) is 5.06. The molecule has 0 atom stereocenters. The highest BCUT2D eigenvalue weighted by molar-refractivity contribution is 5.71. The second kappa shape index (κ2) is 6.81. The molecule has 2 rings (SSSR count). The van der Waals surface area contributed by atoms with E-state index >= 15 is 0 Å². The first-order valence-corrected chi connectivity index (χ1v) is 7.01. The summed E-state index contributed by atoms with van der Waals surface area (Å²) in [4.78, 5) is 13.7.